The first-order valence-corrected chi connectivity index (χ1v) is 7.97. The van der Waals surface area contributed by atoms with Crippen molar-refractivity contribution in [2.24, 2.45) is 0 Å². The minimum Gasteiger partial charge on any atom is -0.508 e. The van der Waals surface area contributed by atoms with E-state index < -0.39 is 0 Å². The average molecular weight is 320 g/mol. The Morgan fingerprint density at radius 1 is 0.542 bits per heavy atom. The van der Waals surface area contributed by atoms with Gasteiger partial charge < -0.3 is 15.3 Å². The zero-order valence-corrected chi connectivity index (χ0v) is 13.3. The van der Waals surface area contributed by atoms with E-state index in [9.17, 15) is 15.3 Å². The molecule has 3 N–H and O–H groups in total. The Morgan fingerprint density at radius 2 is 0.958 bits per heavy atom. The van der Waals surface area contributed by atoms with E-state index in [0.29, 0.717) is 12.8 Å². The summed E-state index contributed by atoms with van der Waals surface area (Å²) in [5, 5.41) is 30.4. The van der Waals surface area contributed by atoms with Gasteiger partial charge in [-0.15, -0.1) is 0 Å². The number of hydrogen-bond acceptors (Lipinski definition) is 3. The monoisotopic (exact) mass is 320 g/mol. The summed E-state index contributed by atoms with van der Waals surface area (Å²) in [6, 6.07) is 21.7. The summed E-state index contributed by atoms with van der Waals surface area (Å²) < 4.78 is 0. The second kappa shape index (κ2) is 7.09. The van der Waals surface area contributed by atoms with Gasteiger partial charge in [-0.1, -0.05) is 54.6 Å². The van der Waals surface area contributed by atoms with Crippen molar-refractivity contribution in [2.75, 3.05) is 0 Å². The smallest absolute Gasteiger partial charge is 0.119 e. The molecular weight excluding hydrogens is 300 g/mol. The van der Waals surface area contributed by atoms with Crippen LogP contribution in [0, 0.1) is 0 Å². The van der Waals surface area contributed by atoms with Crippen molar-refractivity contribution >= 4 is 0 Å². The molecule has 0 aromatic heterocycles. The van der Waals surface area contributed by atoms with E-state index in [0.717, 1.165) is 16.7 Å². The maximum absolute atomic E-state index is 10.3. The van der Waals surface area contributed by atoms with Gasteiger partial charge in [0.05, 0.1) is 0 Å². The molecule has 3 aromatic rings. The minimum absolute atomic E-state index is 0.0622. The van der Waals surface area contributed by atoms with Gasteiger partial charge in [-0.3, -0.25) is 0 Å². The van der Waals surface area contributed by atoms with Crippen LogP contribution in [-0.4, -0.2) is 15.3 Å². The molecule has 24 heavy (non-hydrogen) atoms. The summed E-state index contributed by atoms with van der Waals surface area (Å²) in [5.74, 6) is 0.659. The fourth-order valence-corrected chi connectivity index (χ4v) is 3.02. The second-order valence-electron chi connectivity index (χ2n) is 5.92. The lowest BCUT2D eigenvalue weighted by molar-refractivity contribution is 0.446. The number of benzene rings is 3. The lowest BCUT2D eigenvalue weighted by atomic mass is 9.85. The maximum Gasteiger partial charge on any atom is 0.119 e. The molecule has 0 radical (unpaired) electrons. The highest BCUT2D eigenvalue weighted by molar-refractivity contribution is 5.41. The van der Waals surface area contributed by atoms with E-state index in [1.807, 2.05) is 36.4 Å². The third kappa shape index (κ3) is 3.51. The summed E-state index contributed by atoms with van der Waals surface area (Å²) in [4.78, 5) is 0. The molecule has 3 heteroatoms. The molecule has 0 aliphatic carbocycles. The lowest BCUT2D eigenvalue weighted by Crippen LogP contribution is -2.07. The lowest BCUT2D eigenvalue weighted by Gasteiger charge is -2.20. The van der Waals surface area contributed by atoms with Gasteiger partial charge >= 0.3 is 0 Å². The largest absolute Gasteiger partial charge is 0.508 e. The van der Waals surface area contributed by atoms with Crippen LogP contribution in [0.5, 0.6) is 17.2 Å². The van der Waals surface area contributed by atoms with Crippen molar-refractivity contribution in [3.05, 3.63) is 89.5 Å². The summed E-state index contributed by atoms with van der Waals surface area (Å²) >= 11 is 0. The zero-order valence-electron chi connectivity index (χ0n) is 13.3. The predicted octanol–water partition coefficient (Wildman–Crippen LogP) is 4.37. The van der Waals surface area contributed by atoms with Crippen LogP contribution in [0.15, 0.2) is 72.8 Å². The van der Waals surface area contributed by atoms with Gasteiger partial charge in [-0.05, 0) is 53.6 Å². The van der Waals surface area contributed by atoms with Crippen molar-refractivity contribution in [1.82, 2.24) is 0 Å². The van der Waals surface area contributed by atoms with E-state index in [1.54, 1.807) is 36.4 Å². The highest BCUT2D eigenvalue weighted by Gasteiger charge is 2.19. The first kappa shape index (κ1) is 15.9. The van der Waals surface area contributed by atoms with Gasteiger partial charge in [0.15, 0.2) is 0 Å². The highest BCUT2D eigenvalue weighted by atomic mass is 16.3. The standard InChI is InChI=1S/C21H20O3/c22-19-10-4-1-7-15(19)13-17(18-9-3-6-12-21(18)24)14-16-8-2-5-11-20(16)23/h1-12,17,22-24H,13-14H2. The third-order valence-corrected chi connectivity index (χ3v) is 4.29. The Bertz CT molecular complexity index is 779. The first-order valence-electron chi connectivity index (χ1n) is 7.97. The Balaban J connectivity index is 1.97. The summed E-state index contributed by atoms with van der Waals surface area (Å²) in [6.07, 6.45) is 1.14. The highest BCUT2D eigenvalue weighted by Crippen LogP contribution is 2.34. The van der Waals surface area contributed by atoms with Crippen molar-refractivity contribution < 1.29 is 15.3 Å². The van der Waals surface area contributed by atoms with Crippen molar-refractivity contribution in [1.29, 1.82) is 0 Å². The molecule has 0 unspecified atom stereocenters. The number of phenolic OH excluding ortho intramolecular Hbond substituents is 3. The molecule has 0 fully saturated rings. The van der Waals surface area contributed by atoms with Gasteiger partial charge in [-0.2, -0.15) is 0 Å². The Hall–Kier alpha value is -2.94. The quantitative estimate of drug-likeness (QED) is 0.654. The molecule has 0 saturated heterocycles. The number of phenols is 3. The molecule has 3 nitrogen and oxygen atoms in total. The number of aromatic hydroxyl groups is 3. The Kier molecular flexibility index (Phi) is 4.71. The van der Waals surface area contributed by atoms with Crippen LogP contribution in [0.25, 0.3) is 0 Å². The molecule has 0 amide bonds. The normalized spacial score (nSPS) is 10.9. The summed E-state index contributed by atoms with van der Waals surface area (Å²) in [6.45, 7) is 0. The molecule has 122 valence electrons. The molecule has 0 atom stereocenters. The Morgan fingerprint density at radius 3 is 1.42 bits per heavy atom. The van der Waals surface area contributed by atoms with Crippen LogP contribution >= 0.6 is 0 Å². The van der Waals surface area contributed by atoms with Gasteiger partial charge in [0.1, 0.15) is 17.2 Å². The van der Waals surface area contributed by atoms with E-state index in [1.165, 1.54) is 0 Å². The molecule has 0 spiro atoms. The number of para-hydroxylation sites is 3. The van der Waals surface area contributed by atoms with Crippen molar-refractivity contribution in [3.63, 3.8) is 0 Å². The third-order valence-electron chi connectivity index (χ3n) is 4.29. The predicted molar refractivity (Wildman–Crippen MR) is 94.5 cm³/mol. The molecule has 0 heterocycles. The molecular formula is C21H20O3. The van der Waals surface area contributed by atoms with Gasteiger partial charge in [0, 0.05) is 0 Å². The topological polar surface area (TPSA) is 60.7 Å². The molecule has 0 bridgehead atoms. The molecule has 3 aromatic carbocycles. The number of rotatable bonds is 5. The van der Waals surface area contributed by atoms with Gasteiger partial charge in [0.2, 0.25) is 0 Å². The van der Waals surface area contributed by atoms with Crippen LogP contribution in [0.2, 0.25) is 0 Å². The molecule has 0 aliphatic heterocycles. The van der Waals surface area contributed by atoms with Crippen molar-refractivity contribution in [2.45, 2.75) is 18.8 Å². The van der Waals surface area contributed by atoms with Crippen LogP contribution in [0.3, 0.4) is 0 Å². The summed E-state index contributed by atoms with van der Waals surface area (Å²) in [5.41, 5.74) is 2.45. The van der Waals surface area contributed by atoms with Crippen LogP contribution in [-0.2, 0) is 12.8 Å². The SMILES string of the molecule is Oc1ccccc1CC(Cc1ccccc1O)c1ccccc1O. The van der Waals surface area contributed by atoms with Gasteiger partial charge in [0.25, 0.3) is 0 Å². The Labute approximate surface area is 141 Å². The van der Waals surface area contributed by atoms with E-state index in [4.69, 9.17) is 0 Å². The maximum atomic E-state index is 10.3. The second-order valence-corrected chi connectivity index (χ2v) is 5.92. The zero-order chi connectivity index (χ0) is 16.9. The fourth-order valence-electron chi connectivity index (χ4n) is 3.02. The molecule has 0 aliphatic rings. The fraction of sp³-hybridized carbons (Fsp3) is 0.143. The van der Waals surface area contributed by atoms with E-state index in [-0.39, 0.29) is 23.2 Å². The van der Waals surface area contributed by atoms with Crippen molar-refractivity contribution in [3.8, 4) is 17.2 Å². The molecule has 0 saturated carbocycles. The van der Waals surface area contributed by atoms with Gasteiger partial charge in [-0.25, -0.2) is 0 Å². The average Bonchev–Trinajstić information content (AvgIpc) is 2.58. The summed E-state index contributed by atoms with van der Waals surface area (Å²) in [7, 11) is 0. The first-order chi connectivity index (χ1) is 11.6. The number of hydrogen-bond donors (Lipinski definition) is 3. The van der Waals surface area contributed by atoms with Crippen LogP contribution in [0.1, 0.15) is 22.6 Å². The molecule has 3 rings (SSSR count). The van der Waals surface area contributed by atoms with Crippen LogP contribution < -0.4 is 0 Å². The van der Waals surface area contributed by atoms with Crippen LogP contribution in [0.4, 0.5) is 0 Å². The van der Waals surface area contributed by atoms with E-state index in [2.05, 4.69) is 0 Å². The van der Waals surface area contributed by atoms with E-state index >= 15 is 0 Å². The minimum atomic E-state index is -0.0622.